The molecule has 0 aliphatic carbocycles. The molecule has 0 radical (unpaired) electrons. The molecule has 3 aromatic rings. The standard InChI is InChI=1S/C25H28N2O4/c28-25(23-7-2-5-21(15-23)17-27-9-12-29-13-10-27)26-16-20-4-1-6-22(14-20)18-30-19-24-8-3-11-31-24/h1-8,11,14-15H,9-10,12-13,16-19H2,(H,26,28). The van der Waals surface area contributed by atoms with E-state index in [2.05, 4.69) is 22.3 Å². The summed E-state index contributed by atoms with van der Waals surface area (Å²) in [6, 6.07) is 19.6. The molecule has 0 atom stereocenters. The van der Waals surface area contributed by atoms with Gasteiger partial charge in [-0.2, -0.15) is 0 Å². The molecule has 2 heterocycles. The van der Waals surface area contributed by atoms with Crippen LogP contribution in [0.1, 0.15) is 32.8 Å². The third kappa shape index (κ3) is 6.52. The molecule has 162 valence electrons. The van der Waals surface area contributed by atoms with Gasteiger partial charge in [0, 0.05) is 31.7 Å². The molecule has 1 N–H and O–H groups in total. The fourth-order valence-electron chi connectivity index (χ4n) is 3.61. The van der Waals surface area contributed by atoms with Crippen LogP contribution in [0, 0.1) is 0 Å². The van der Waals surface area contributed by atoms with E-state index in [1.54, 1.807) is 6.26 Å². The van der Waals surface area contributed by atoms with Crippen molar-refractivity contribution in [3.63, 3.8) is 0 Å². The van der Waals surface area contributed by atoms with Crippen LogP contribution in [0.15, 0.2) is 71.3 Å². The van der Waals surface area contributed by atoms with E-state index in [0.29, 0.717) is 25.3 Å². The molecule has 1 aromatic heterocycles. The first-order valence-electron chi connectivity index (χ1n) is 10.6. The van der Waals surface area contributed by atoms with Crippen molar-refractivity contribution in [1.29, 1.82) is 0 Å². The summed E-state index contributed by atoms with van der Waals surface area (Å²) >= 11 is 0. The minimum Gasteiger partial charge on any atom is -0.467 e. The molecule has 2 aromatic carbocycles. The van der Waals surface area contributed by atoms with Crippen LogP contribution in [-0.2, 0) is 35.8 Å². The smallest absolute Gasteiger partial charge is 0.251 e. The predicted molar refractivity (Wildman–Crippen MR) is 117 cm³/mol. The van der Waals surface area contributed by atoms with Crippen molar-refractivity contribution in [3.8, 4) is 0 Å². The molecule has 1 saturated heterocycles. The second kappa shape index (κ2) is 10.9. The van der Waals surface area contributed by atoms with Gasteiger partial charge in [-0.15, -0.1) is 0 Å². The van der Waals surface area contributed by atoms with Crippen LogP contribution >= 0.6 is 0 Å². The molecule has 31 heavy (non-hydrogen) atoms. The van der Waals surface area contributed by atoms with Crippen molar-refractivity contribution in [2.45, 2.75) is 26.3 Å². The van der Waals surface area contributed by atoms with E-state index >= 15 is 0 Å². The van der Waals surface area contributed by atoms with Crippen LogP contribution in [0.4, 0.5) is 0 Å². The topological polar surface area (TPSA) is 63.9 Å². The van der Waals surface area contributed by atoms with Crippen LogP contribution in [0.3, 0.4) is 0 Å². The quantitative estimate of drug-likeness (QED) is 0.571. The molecule has 0 bridgehead atoms. The van der Waals surface area contributed by atoms with Crippen molar-refractivity contribution in [2.75, 3.05) is 26.3 Å². The summed E-state index contributed by atoms with van der Waals surface area (Å²) < 4.78 is 16.4. The number of carbonyl (C=O) groups excluding carboxylic acids is 1. The van der Waals surface area contributed by atoms with Crippen LogP contribution in [0.5, 0.6) is 0 Å². The van der Waals surface area contributed by atoms with Crippen molar-refractivity contribution >= 4 is 5.91 Å². The van der Waals surface area contributed by atoms with Crippen LogP contribution in [0.25, 0.3) is 0 Å². The number of furan rings is 1. The monoisotopic (exact) mass is 420 g/mol. The average molecular weight is 421 g/mol. The van der Waals surface area contributed by atoms with E-state index in [4.69, 9.17) is 13.9 Å². The molecule has 1 amide bonds. The Morgan fingerprint density at radius 3 is 2.58 bits per heavy atom. The molecule has 1 aliphatic heterocycles. The number of hydrogen-bond acceptors (Lipinski definition) is 5. The van der Waals surface area contributed by atoms with E-state index < -0.39 is 0 Å². The Balaban J connectivity index is 1.27. The number of benzene rings is 2. The van der Waals surface area contributed by atoms with Crippen LogP contribution < -0.4 is 5.32 Å². The van der Waals surface area contributed by atoms with E-state index in [1.165, 1.54) is 0 Å². The lowest BCUT2D eigenvalue weighted by molar-refractivity contribution is 0.0342. The van der Waals surface area contributed by atoms with Gasteiger partial charge in [0.25, 0.3) is 5.91 Å². The first-order chi connectivity index (χ1) is 15.3. The summed E-state index contributed by atoms with van der Waals surface area (Å²) in [7, 11) is 0. The predicted octanol–water partition coefficient (Wildman–Crippen LogP) is 3.76. The third-order valence-electron chi connectivity index (χ3n) is 5.24. The summed E-state index contributed by atoms with van der Waals surface area (Å²) in [5.74, 6) is 0.738. The number of nitrogens with zero attached hydrogens (tertiary/aromatic N) is 1. The summed E-state index contributed by atoms with van der Waals surface area (Å²) in [5.41, 5.74) is 3.93. The van der Waals surface area contributed by atoms with E-state index in [1.807, 2.05) is 48.5 Å². The summed E-state index contributed by atoms with van der Waals surface area (Å²) in [6.45, 7) is 5.64. The van der Waals surface area contributed by atoms with Gasteiger partial charge in [0.05, 0.1) is 26.1 Å². The minimum atomic E-state index is -0.0664. The van der Waals surface area contributed by atoms with E-state index in [-0.39, 0.29) is 5.91 Å². The zero-order valence-electron chi connectivity index (χ0n) is 17.6. The highest BCUT2D eigenvalue weighted by Gasteiger charge is 2.12. The number of hydrogen-bond donors (Lipinski definition) is 1. The van der Waals surface area contributed by atoms with E-state index in [0.717, 1.165) is 55.3 Å². The average Bonchev–Trinajstić information content (AvgIpc) is 3.32. The van der Waals surface area contributed by atoms with Gasteiger partial charge in [-0.3, -0.25) is 9.69 Å². The number of morpholine rings is 1. The van der Waals surface area contributed by atoms with Gasteiger partial charge in [0.15, 0.2) is 0 Å². The SMILES string of the molecule is O=C(NCc1cccc(COCc2ccco2)c1)c1cccc(CN2CCOCC2)c1. The van der Waals surface area contributed by atoms with Crippen molar-refractivity contribution in [2.24, 2.45) is 0 Å². The van der Waals surface area contributed by atoms with Gasteiger partial charge < -0.3 is 19.2 Å². The third-order valence-corrected chi connectivity index (χ3v) is 5.24. The normalized spacial score (nSPS) is 14.5. The molecule has 6 nitrogen and oxygen atoms in total. The van der Waals surface area contributed by atoms with Gasteiger partial charge in [-0.05, 0) is 41.0 Å². The molecule has 4 rings (SSSR count). The van der Waals surface area contributed by atoms with Crippen LogP contribution in [0.2, 0.25) is 0 Å². The molecule has 6 heteroatoms. The lowest BCUT2D eigenvalue weighted by Crippen LogP contribution is -2.35. The van der Waals surface area contributed by atoms with Gasteiger partial charge >= 0.3 is 0 Å². The maximum absolute atomic E-state index is 12.7. The van der Waals surface area contributed by atoms with Gasteiger partial charge in [0.2, 0.25) is 0 Å². The second-order valence-corrected chi connectivity index (χ2v) is 7.66. The Labute approximate surface area is 182 Å². The summed E-state index contributed by atoms with van der Waals surface area (Å²) in [5, 5.41) is 3.02. The molecular weight excluding hydrogens is 392 g/mol. The number of nitrogens with one attached hydrogen (secondary N) is 1. The zero-order valence-corrected chi connectivity index (χ0v) is 17.6. The molecule has 1 fully saturated rings. The maximum atomic E-state index is 12.7. The Kier molecular flexibility index (Phi) is 7.50. The molecule has 0 unspecified atom stereocenters. The zero-order chi connectivity index (χ0) is 21.3. The molecular formula is C25H28N2O4. The van der Waals surface area contributed by atoms with Crippen molar-refractivity contribution < 1.29 is 18.7 Å². The van der Waals surface area contributed by atoms with Gasteiger partial charge in [0.1, 0.15) is 12.4 Å². The van der Waals surface area contributed by atoms with Crippen molar-refractivity contribution in [1.82, 2.24) is 10.2 Å². The Morgan fingerprint density at radius 1 is 0.935 bits per heavy atom. The number of rotatable bonds is 9. The summed E-state index contributed by atoms with van der Waals surface area (Å²) in [6.07, 6.45) is 1.64. The first kappa shape index (κ1) is 21.3. The maximum Gasteiger partial charge on any atom is 0.251 e. The Morgan fingerprint density at radius 2 is 1.74 bits per heavy atom. The Bertz CT molecular complexity index is 965. The first-order valence-corrected chi connectivity index (χ1v) is 10.6. The summed E-state index contributed by atoms with van der Waals surface area (Å²) in [4.78, 5) is 15.0. The van der Waals surface area contributed by atoms with E-state index in [9.17, 15) is 4.79 Å². The Hall–Kier alpha value is -2.93. The fourth-order valence-corrected chi connectivity index (χ4v) is 3.61. The van der Waals surface area contributed by atoms with Gasteiger partial charge in [-0.25, -0.2) is 0 Å². The number of carbonyl (C=O) groups is 1. The largest absolute Gasteiger partial charge is 0.467 e. The molecule has 0 saturated carbocycles. The minimum absolute atomic E-state index is 0.0664. The highest BCUT2D eigenvalue weighted by Crippen LogP contribution is 2.12. The lowest BCUT2D eigenvalue weighted by atomic mass is 10.1. The lowest BCUT2D eigenvalue weighted by Gasteiger charge is -2.26. The fraction of sp³-hybridized carbons (Fsp3) is 0.320. The van der Waals surface area contributed by atoms with Gasteiger partial charge in [-0.1, -0.05) is 36.4 Å². The van der Waals surface area contributed by atoms with Crippen molar-refractivity contribution in [3.05, 3.63) is 94.9 Å². The highest BCUT2D eigenvalue weighted by molar-refractivity contribution is 5.94. The number of amides is 1. The molecule has 0 spiro atoms. The van der Waals surface area contributed by atoms with Crippen LogP contribution in [-0.4, -0.2) is 37.1 Å². The second-order valence-electron chi connectivity index (χ2n) is 7.66. The molecule has 1 aliphatic rings. The number of ether oxygens (including phenoxy) is 2. The highest BCUT2D eigenvalue weighted by atomic mass is 16.5.